The van der Waals surface area contributed by atoms with Crippen molar-refractivity contribution in [2.75, 3.05) is 5.32 Å². The highest BCUT2D eigenvalue weighted by Crippen LogP contribution is 2.33. The molecule has 0 spiro atoms. The molecule has 0 bridgehead atoms. The summed E-state index contributed by atoms with van der Waals surface area (Å²) in [5.41, 5.74) is 0.216. The van der Waals surface area contributed by atoms with Crippen LogP contribution in [0.15, 0.2) is 12.1 Å². The fourth-order valence-electron chi connectivity index (χ4n) is 1.25. The van der Waals surface area contributed by atoms with Crippen LogP contribution in [0, 0.1) is 19.5 Å². The molecule has 0 aliphatic heterocycles. The van der Waals surface area contributed by atoms with Crippen LogP contribution in [0.1, 0.15) is 12.8 Å². The first kappa shape index (κ1) is 10.6. The van der Waals surface area contributed by atoms with Crippen molar-refractivity contribution in [3.8, 4) is 0 Å². The van der Waals surface area contributed by atoms with Crippen LogP contribution in [-0.2, 0) is 0 Å². The standard InChI is InChI=1S/C9H8FIN2O2/c10-6-3-8(12-5-1-2-5)9(13(14)15)4-7(6)11/h3-5,12H,1-2H2. The molecule has 0 unspecified atom stereocenters. The maximum absolute atomic E-state index is 13.2. The zero-order chi connectivity index (χ0) is 11.0. The Balaban J connectivity index is 2.39. The van der Waals surface area contributed by atoms with Gasteiger partial charge in [-0.15, -0.1) is 0 Å². The van der Waals surface area contributed by atoms with Crippen molar-refractivity contribution in [2.24, 2.45) is 0 Å². The number of nitrogens with one attached hydrogen (secondary N) is 1. The van der Waals surface area contributed by atoms with Gasteiger partial charge in [-0.2, -0.15) is 0 Å². The van der Waals surface area contributed by atoms with Gasteiger partial charge in [0.05, 0.1) is 8.49 Å². The third-order valence-electron chi connectivity index (χ3n) is 2.17. The molecule has 15 heavy (non-hydrogen) atoms. The van der Waals surface area contributed by atoms with Crippen molar-refractivity contribution in [2.45, 2.75) is 18.9 Å². The molecule has 80 valence electrons. The largest absolute Gasteiger partial charge is 0.377 e. The minimum Gasteiger partial charge on any atom is -0.377 e. The molecule has 0 radical (unpaired) electrons. The van der Waals surface area contributed by atoms with Crippen LogP contribution in [0.5, 0.6) is 0 Å². The normalized spacial score (nSPS) is 15.1. The monoisotopic (exact) mass is 322 g/mol. The molecule has 1 aliphatic carbocycles. The van der Waals surface area contributed by atoms with Crippen LogP contribution in [-0.4, -0.2) is 11.0 Å². The van der Waals surface area contributed by atoms with Crippen LogP contribution in [0.25, 0.3) is 0 Å². The lowest BCUT2D eigenvalue weighted by atomic mass is 10.2. The van der Waals surface area contributed by atoms with Crippen LogP contribution in [0.3, 0.4) is 0 Å². The van der Waals surface area contributed by atoms with Crippen molar-refractivity contribution in [1.29, 1.82) is 0 Å². The number of benzene rings is 1. The van der Waals surface area contributed by atoms with E-state index in [1.165, 1.54) is 12.1 Å². The molecule has 1 saturated carbocycles. The molecule has 6 heteroatoms. The molecule has 1 fully saturated rings. The highest BCUT2D eigenvalue weighted by Gasteiger charge is 2.25. The number of hydrogen-bond acceptors (Lipinski definition) is 3. The van der Waals surface area contributed by atoms with Crippen LogP contribution in [0.4, 0.5) is 15.8 Å². The first-order valence-corrected chi connectivity index (χ1v) is 5.56. The molecule has 1 aliphatic rings. The van der Waals surface area contributed by atoms with Gasteiger partial charge in [-0.1, -0.05) is 0 Å². The number of halogens is 2. The molecule has 2 rings (SSSR count). The molecule has 0 heterocycles. The average Bonchev–Trinajstić information content (AvgIpc) is 2.94. The van der Waals surface area contributed by atoms with E-state index in [2.05, 4.69) is 5.32 Å². The second-order valence-electron chi connectivity index (χ2n) is 3.46. The fourth-order valence-corrected chi connectivity index (χ4v) is 1.70. The Bertz CT molecular complexity index is 421. The summed E-state index contributed by atoms with van der Waals surface area (Å²) in [7, 11) is 0. The lowest BCUT2D eigenvalue weighted by molar-refractivity contribution is -0.384. The summed E-state index contributed by atoms with van der Waals surface area (Å²) >= 11 is 1.74. The van der Waals surface area contributed by atoms with Gasteiger partial charge < -0.3 is 5.32 Å². The van der Waals surface area contributed by atoms with Crippen LogP contribution < -0.4 is 5.32 Å². The third-order valence-corrected chi connectivity index (χ3v) is 3.00. The Kier molecular flexibility index (Phi) is 2.76. The number of nitrogens with zero attached hydrogens (tertiary/aromatic N) is 1. The SMILES string of the molecule is O=[N+]([O-])c1cc(I)c(F)cc1NC1CC1. The predicted octanol–water partition coefficient (Wildman–Crippen LogP) is 2.91. The van der Waals surface area contributed by atoms with E-state index in [0.717, 1.165) is 12.8 Å². The number of nitro benzene ring substituents is 1. The van der Waals surface area contributed by atoms with Gasteiger partial charge in [0.25, 0.3) is 5.69 Å². The minimum atomic E-state index is -0.494. The molecule has 1 aromatic carbocycles. The third kappa shape index (κ3) is 2.36. The summed E-state index contributed by atoms with van der Waals surface area (Å²) in [4.78, 5) is 10.2. The second kappa shape index (κ2) is 3.92. The van der Waals surface area contributed by atoms with Crippen molar-refractivity contribution in [3.05, 3.63) is 31.6 Å². The smallest absolute Gasteiger partial charge is 0.293 e. The minimum absolute atomic E-state index is 0.0623. The number of rotatable bonds is 3. The van der Waals surface area contributed by atoms with E-state index in [9.17, 15) is 14.5 Å². The summed E-state index contributed by atoms with van der Waals surface area (Å²) in [5.74, 6) is -0.427. The van der Waals surface area contributed by atoms with Crippen LogP contribution in [0.2, 0.25) is 0 Å². The Hall–Kier alpha value is -0.920. The Labute approximate surface area is 99.2 Å². The topological polar surface area (TPSA) is 55.2 Å². The summed E-state index contributed by atoms with van der Waals surface area (Å²) in [5, 5.41) is 13.7. The molecule has 0 atom stereocenters. The van der Waals surface area contributed by atoms with E-state index < -0.39 is 10.7 Å². The zero-order valence-corrected chi connectivity index (χ0v) is 9.82. The Morgan fingerprint density at radius 2 is 2.20 bits per heavy atom. The summed E-state index contributed by atoms with van der Waals surface area (Å²) in [6, 6.07) is 2.71. The lowest BCUT2D eigenvalue weighted by Crippen LogP contribution is -2.05. The summed E-state index contributed by atoms with van der Waals surface area (Å²) < 4.78 is 13.5. The van der Waals surface area contributed by atoms with Gasteiger partial charge in [-0.3, -0.25) is 10.1 Å². The van der Waals surface area contributed by atoms with E-state index in [-0.39, 0.29) is 21.0 Å². The van der Waals surface area contributed by atoms with Crippen molar-refractivity contribution < 1.29 is 9.31 Å². The van der Waals surface area contributed by atoms with E-state index in [1.807, 2.05) is 0 Å². The molecule has 0 aromatic heterocycles. The van der Waals surface area contributed by atoms with Gasteiger partial charge in [0, 0.05) is 18.2 Å². The van der Waals surface area contributed by atoms with E-state index in [1.54, 1.807) is 22.6 Å². The fraction of sp³-hybridized carbons (Fsp3) is 0.333. The second-order valence-corrected chi connectivity index (χ2v) is 4.62. The quantitative estimate of drug-likeness (QED) is 0.529. The van der Waals surface area contributed by atoms with Gasteiger partial charge in [-0.05, 0) is 35.4 Å². The van der Waals surface area contributed by atoms with Gasteiger partial charge >= 0.3 is 0 Å². The predicted molar refractivity (Wildman–Crippen MR) is 62.4 cm³/mol. The van der Waals surface area contributed by atoms with Gasteiger partial charge in [0.1, 0.15) is 11.5 Å². The molecular weight excluding hydrogens is 314 g/mol. The van der Waals surface area contributed by atoms with E-state index in [0.29, 0.717) is 0 Å². The first-order chi connectivity index (χ1) is 7.08. The first-order valence-electron chi connectivity index (χ1n) is 4.48. The van der Waals surface area contributed by atoms with Gasteiger partial charge in [0.2, 0.25) is 0 Å². The van der Waals surface area contributed by atoms with E-state index in [4.69, 9.17) is 0 Å². The summed E-state index contributed by atoms with van der Waals surface area (Å²) in [6.45, 7) is 0. The number of hydrogen-bond donors (Lipinski definition) is 1. The number of anilines is 1. The molecule has 1 aromatic rings. The molecule has 0 amide bonds. The average molecular weight is 322 g/mol. The maximum atomic E-state index is 13.2. The molecular formula is C9H8FIN2O2. The Morgan fingerprint density at radius 1 is 1.53 bits per heavy atom. The van der Waals surface area contributed by atoms with Crippen molar-refractivity contribution >= 4 is 34.0 Å². The number of nitro groups is 1. The molecule has 4 nitrogen and oxygen atoms in total. The highest BCUT2D eigenvalue weighted by atomic mass is 127. The van der Waals surface area contributed by atoms with Crippen LogP contribution >= 0.6 is 22.6 Å². The van der Waals surface area contributed by atoms with Crippen molar-refractivity contribution in [1.82, 2.24) is 0 Å². The summed E-state index contributed by atoms with van der Waals surface area (Å²) in [6.07, 6.45) is 1.98. The van der Waals surface area contributed by atoms with Gasteiger partial charge in [0.15, 0.2) is 0 Å². The molecule has 0 saturated heterocycles. The molecule has 1 N–H and O–H groups in total. The highest BCUT2D eigenvalue weighted by molar-refractivity contribution is 14.1. The van der Waals surface area contributed by atoms with Crippen molar-refractivity contribution in [3.63, 3.8) is 0 Å². The maximum Gasteiger partial charge on any atom is 0.293 e. The zero-order valence-electron chi connectivity index (χ0n) is 7.67. The van der Waals surface area contributed by atoms with Gasteiger partial charge in [-0.25, -0.2) is 4.39 Å². The van der Waals surface area contributed by atoms with E-state index >= 15 is 0 Å². The Morgan fingerprint density at radius 3 is 2.73 bits per heavy atom. The lowest BCUT2D eigenvalue weighted by Gasteiger charge is -2.06.